The Morgan fingerprint density at radius 2 is 2.05 bits per heavy atom. The zero-order valence-electron chi connectivity index (χ0n) is 12.7. The lowest BCUT2D eigenvalue weighted by Gasteiger charge is -2.40. The first-order valence-electron chi connectivity index (χ1n) is 7.53. The third kappa shape index (κ3) is 2.27. The molecule has 19 heavy (non-hydrogen) atoms. The van der Waals surface area contributed by atoms with Gasteiger partial charge in [-0.2, -0.15) is 0 Å². The first kappa shape index (κ1) is 13.0. The van der Waals surface area contributed by atoms with E-state index in [1.807, 2.05) is 0 Å². The minimum atomic E-state index is 0.471. The fourth-order valence-electron chi connectivity index (χ4n) is 3.90. The van der Waals surface area contributed by atoms with Crippen LogP contribution >= 0.6 is 0 Å². The molecule has 1 aromatic rings. The van der Waals surface area contributed by atoms with Crippen molar-refractivity contribution in [3.8, 4) is 0 Å². The van der Waals surface area contributed by atoms with Gasteiger partial charge >= 0.3 is 0 Å². The Balaban J connectivity index is 1.81. The molecular weight excluding hydrogens is 232 g/mol. The van der Waals surface area contributed by atoms with Gasteiger partial charge in [0.2, 0.25) is 0 Å². The van der Waals surface area contributed by atoms with Crippen molar-refractivity contribution >= 4 is 5.69 Å². The van der Waals surface area contributed by atoms with E-state index in [4.69, 9.17) is 0 Å². The Kier molecular flexibility index (Phi) is 3.09. The summed E-state index contributed by atoms with van der Waals surface area (Å²) in [5.41, 5.74) is 4.67. The van der Waals surface area contributed by atoms with Crippen molar-refractivity contribution in [1.82, 2.24) is 5.32 Å². The van der Waals surface area contributed by atoms with Crippen molar-refractivity contribution < 1.29 is 0 Å². The number of hydrogen-bond donors (Lipinski definition) is 1. The molecule has 2 fully saturated rings. The third-order valence-electron chi connectivity index (χ3n) is 5.14. The largest absolute Gasteiger partial charge is 0.370 e. The fourth-order valence-corrected chi connectivity index (χ4v) is 3.90. The molecule has 0 amide bonds. The monoisotopic (exact) mass is 258 g/mol. The molecule has 0 radical (unpaired) electrons. The first-order valence-corrected chi connectivity index (χ1v) is 7.53. The molecule has 0 bridgehead atoms. The average Bonchev–Trinajstić information content (AvgIpc) is 2.68. The second kappa shape index (κ2) is 4.52. The van der Waals surface area contributed by atoms with E-state index in [9.17, 15) is 0 Å². The van der Waals surface area contributed by atoms with Gasteiger partial charge in [0, 0.05) is 31.4 Å². The summed E-state index contributed by atoms with van der Waals surface area (Å²) in [6.07, 6.45) is 1.32. The van der Waals surface area contributed by atoms with Crippen molar-refractivity contribution in [2.45, 2.75) is 40.2 Å². The van der Waals surface area contributed by atoms with Gasteiger partial charge in [0.05, 0.1) is 0 Å². The van der Waals surface area contributed by atoms with Gasteiger partial charge in [-0.25, -0.2) is 0 Å². The first-order chi connectivity index (χ1) is 8.97. The maximum absolute atomic E-state index is 3.74. The highest BCUT2D eigenvalue weighted by Gasteiger charge is 2.44. The van der Waals surface area contributed by atoms with Gasteiger partial charge in [-0.3, -0.25) is 0 Å². The summed E-state index contributed by atoms with van der Waals surface area (Å²) < 4.78 is 0. The summed E-state index contributed by atoms with van der Waals surface area (Å²) >= 11 is 0. The van der Waals surface area contributed by atoms with Crippen LogP contribution in [0.15, 0.2) is 18.2 Å². The van der Waals surface area contributed by atoms with Crippen LogP contribution in [0, 0.1) is 25.2 Å². The maximum atomic E-state index is 3.74. The molecule has 2 unspecified atom stereocenters. The van der Waals surface area contributed by atoms with Crippen LogP contribution in [0.25, 0.3) is 0 Å². The van der Waals surface area contributed by atoms with Crippen molar-refractivity contribution in [3.63, 3.8) is 0 Å². The summed E-state index contributed by atoms with van der Waals surface area (Å²) in [5.74, 6) is 0.842. The van der Waals surface area contributed by atoms with Gasteiger partial charge < -0.3 is 10.2 Å². The summed E-state index contributed by atoms with van der Waals surface area (Å²) in [7, 11) is 0. The van der Waals surface area contributed by atoms with Gasteiger partial charge in [-0.1, -0.05) is 26.0 Å². The standard InChI is InChI=1S/C17H26N2/c1-12-5-6-13(2)16(9-12)19-8-7-14-15(10-19)18-11-17(14,3)4/h5-6,9,14-15,18H,7-8,10-11H2,1-4H3. The van der Waals surface area contributed by atoms with E-state index in [0.717, 1.165) is 5.92 Å². The highest BCUT2D eigenvalue weighted by Crippen LogP contribution is 2.40. The highest BCUT2D eigenvalue weighted by molar-refractivity contribution is 5.55. The predicted molar refractivity (Wildman–Crippen MR) is 81.8 cm³/mol. The van der Waals surface area contributed by atoms with Gasteiger partial charge in [0.25, 0.3) is 0 Å². The predicted octanol–water partition coefficient (Wildman–Crippen LogP) is 3.13. The molecule has 2 atom stereocenters. The van der Waals surface area contributed by atoms with E-state index >= 15 is 0 Å². The minimum Gasteiger partial charge on any atom is -0.370 e. The molecular formula is C17H26N2. The molecule has 1 aromatic carbocycles. The normalized spacial score (nSPS) is 29.4. The van der Waals surface area contributed by atoms with Crippen LogP contribution in [0.4, 0.5) is 5.69 Å². The Bertz CT molecular complexity index is 478. The summed E-state index contributed by atoms with van der Waals surface area (Å²) in [6, 6.07) is 7.48. The van der Waals surface area contributed by atoms with E-state index in [2.05, 4.69) is 56.1 Å². The average molecular weight is 258 g/mol. The van der Waals surface area contributed by atoms with Crippen molar-refractivity contribution in [2.24, 2.45) is 11.3 Å². The molecule has 2 aliphatic heterocycles. The van der Waals surface area contributed by atoms with Crippen LogP contribution in [0.1, 0.15) is 31.4 Å². The molecule has 2 nitrogen and oxygen atoms in total. The second-order valence-corrected chi connectivity index (χ2v) is 7.11. The summed E-state index contributed by atoms with van der Waals surface area (Å²) in [5, 5.41) is 3.74. The molecule has 0 aliphatic carbocycles. The number of aryl methyl sites for hydroxylation is 2. The second-order valence-electron chi connectivity index (χ2n) is 7.11. The smallest absolute Gasteiger partial charge is 0.0399 e. The lowest BCUT2D eigenvalue weighted by Crippen LogP contribution is -2.48. The van der Waals surface area contributed by atoms with Crippen molar-refractivity contribution in [1.29, 1.82) is 0 Å². The number of rotatable bonds is 1. The molecule has 0 saturated carbocycles. The van der Waals surface area contributed by atoms with Crippen LogP contribution in [-0.4, -0.2) is 25.7 Å². The van der Waals surface area contributed by atoms with Crippen molar-refractivity contribution in [2.75, 3.05) is 24.5 Å². The number of nitrogens with zero attached hydrogens (tertiary/aromatic N) is 1. The molecule has 0 aromatic heterocycles. The number of piperidine rings is 1. The molecule has 3 rings (SSSR count). The van der Waals surface area contributed by atoms with E-state index in [0.29, 0.717) is 11.5 Å². The molecule has 2 aliphatic rings. The number of hydrogen-bond acceptors (Lipinski definition) is 2. The van der Waals surface area contributed by atoms with Crippen LogP contribution in [0.5, 0.6) is 0 Å². The Labute approximate surface area is 117 Å². The number of nitrogens with one attached hydrogen (secondary N) is 1. The molecule has 0 spiro atoms. The van der Waals surface area contributed by atoms with E-state index in [1.165, 1.54) is 42.9 Å². The minimum absolute atomic E-state index is 0.471. The van der Waals surface area contributed by atoms with Crippen LogP contribution in [-0.2, 0) is 0 Å². The molecule has 1 N–H and O–H groups in total. The Morgan fingerprint density at radius 1 is 1.26 bits per heavy atom. The lowest BCUT2D eigenvalue weighted by molar-refractivity contribution is 0.227. The van der Waals surface area contributed by atoms with E-state index < -0.39 is 0 Å². The van der Waals surface area contributed by atoms with Gasteiger partial charge in [0.15, 0.2) is 0 Å². The SMILES string of the molecule is Cc1ccc(C)c(N2CCC3C(C2)NCC3(C)C)c1. The quantitative estimate of drug-likeness (QED) is 0.832. The lowest BCUT2D eigenvalue weighted by atomic mass is 9.75. The molecule has 2 heteroatoms. The number of benzene rings is 1. The molecule has 104 valence electrons. The van der Waals surface area contributed by atoms with Crippen LogP contribution in [0.3, 0.4) is 0 Å². The highest BCUT2D eigenvalue weighted by atomic mass is 15.2. The maximum Gasteiger partial charge on any atom is 0.0399 e. The van der Waals surface area contributed by atoms with E-state index in [1.54, 1.807) is 0 Å². The zero-order valence-corrected chi connectivity index (χ0v) is 12.7. The fraction of sp³-hybridized carbons (Fsp3) is 0.647. The molecule has 2 heterocycles. The number of fused-ring (bicyclic) bond motifs is 1. The van der Waals surface area contributed by atoms with Gasteiger partial charge in [0.1, 0.15) is 0 Å². The zero-order chi connectivity index (χ0) is 13.6. The number of anilines is 1. The summed E-state index contributed by atoms with van der Waals surface area (Å²) in [6.45, 7) is 12.8. The van der Waals surface area contributed by atoms with Crippen molar-refractivity contribution in [3.05, 3.63) is 29.3 Å². The van der Waals surface area contributed by atoms with Crippen LogP contribution < -0.4 is 10.2 Å². The Morgan fingerprint density at radius 3 is 2.84 bits per heavy atom. The van der Waals surface area contributed by atoms with E-state index in [-0.39, 0.29) is 0 Å². The summed E-state index contributed by atoms with van der Waals surface area (Å²) in [4.78, 5) is 2.58. The van der Waals surface area contributed by atoms with Gasteiger partial charge in [-0.05, 0) is 48.8 Å². The Hall–Kier alpha value is -1.02. The van der Waals surface area contributed by atoms with Gasteiger partial charge in [-0.15, -0.1) is 0 Å². The topological polar surface area (TPSA) is 15.3 Å². The molecule has 2 saturated heterocycles. The third-order valence-corrected chi connectivity index (χ3v) is 5.14. The van der Waals surface area contributed by atoms with Crippen LogP contribution in [0.2, 0.25) is 0 Å².